The van der Waals surface area contributed by atoms with Gasteiger partial charge in [0.15, 0.2) is 5.78 Å². The summed E-state index contributed by atoms with van der Waals surface area (Å²) in [7, 11) is 0. The van der Waals surface area contributed by atoms with Crippen molar-refractivity contribution in [1.29, 1.82) is 5.26 Å². The number of fused-ring (bicyclic) bond motifs is 3. The van der Waals surface area contributed by atoms with Crippen LogP contribution in [0.1, 0.15) is 30.4 Å². The van der Waals surface area contributed by atoms with Gasteiger partial charge < -0.3 is 11.1 Å². The van der Waals surface area contributed by atoms with Crippen molar-refractivity contribution >= 4 is 46.3 Å². The predicted molar refractivity (Wildman–Crippen MR) is 123 cm³/mol. The van der Waals surface area contributed by atoms with Crippen molar-refractivity contribution < 1.29 is 9.59 Å². The molecule has 0 saturated heterocycles. The van der Waals surface area contributed by atoms with Gasteiger partial charge in [-0.05, 0) is 55.7 Å². The number of hydrogen-bond acceptors (Lipinski definition) is 5. The van der Waals surface area contributed by atoms with Crippen LogP contribution in [-0.4, -0.2) is 11.7 Å². The molecule has 32 heavy (non-hydrogen) atoms. The topological polar surface area (TPSA) is 99.2 Å². The number of Topliss-reactive ketones (excluding diaryl/α,β-unsaturated/α-hetero) is 1. The van der Waals surface area contributed by atoms with Gasteiger partial charge in [0, 0.05) is 39.0 Å². The molecular weight excluding hydrogens is 447 g/mol. The van der Waals surface area contributed by atoms with Gasteiger partial charge in [-0.1, -0.05) is 29.3 Å². The van der Waals surface area contributed by atoms with Crippen LogP contribution in [0.4, 0.5) is 11.4 Å². The Hall–Kier alpha value is -3.27. The number of ketones is 1. The van der Waals surface area contributed by atoms with E-state index in [0.717, 1.165) is 5.56 Å². The molecule has 0 aromatic heterocycles. The number of amides is 1. The summed E-state index contributed by atoms with van der Waals surface area (Å²) in [6.07, 6.45) is 1.42. The fourth-order valence-electron chi connectivity index (χ4n) is 5.08. The van der Waals surface area contributed by atoms with Crippen LogP contribution in [0, 0.1) is 18.3 Å². The lowest BCUT2D eigenvalue weighted by Crippen LogP contribution is -2.50. The summed E-state index contributed by atoms with van der Waals surface area (Å²) in [5.41, 5.74) is 8.32. The van der Waals surface area contributed by atoms with Crippen LogP contribution < -0.4 is 16.0 Å². The predicted octanol–water partition coefficient (Wildman–Crippen LogP) is 4.71. The van der Waals surface area contributed by atoms with Crippen molar-refractivity contribution in [3.8, 4) is 6.07 Å². The quantitative estimate of drug-likeness (QED) is 0.636. The summed E-state index contributed by atoms with van der Waals surface area (Å²) < 4.78 is 0. The van der Waals surface area contributed by atoms with Gasteiger partial charge >= 0.3 is 0 Å². The Labute approximate surface area is 194 Å². The lowest BCUT2D eigenvalue weighted by Gasteiger charge is -2.44. The number of carbonyl (C=O) groups is 2. The lowest BCUT2D eigenvalue weighted by atomic mass is 9.64. The summed E-state index contributed by atoms with van der Waals surface area (Å²) in [5, 5.41) is 14.0. The second-order valence-electron chi connectivity index (χ2n) is 8.08. The largest absolute Gasteiger partial charge is 0.384 e. The highest BCUT2D eigenvalue weighted by molar-refractivity contribution is 6.32. The van der Waals surface area contributed by atoms with E-state index in [1.807, 2.05) is 13.0 Å². The molecular formula is C24H18Cl2N4O2. The van der Waals surface area contributed by atoms with Gasteiger partial charge in [-0.3, -0.25) is 14.5 Å². The normalized spacial score (nSPS) is 22.1. The summed E-state index contributed by atoms with van der Waals surface area (Å²) >= 11 is 12.7. The molecule has 5 rings (SSSR count). The number of nitrogens with one attached hydrogen (secondary N) is 1. The van der Waals surface area contributed by atoms with Crippen LogP contribution >= 0.6 is 23.2 Å². The van der Waals surface area contributed by atoms with E-state index in [1.54, 1.807) is 35.2 Å². The van der Waals surface area contributed by atoms with Crippen LogP contribution in [0.25, 0.3) is 0 Å². The zero-order valence-corrected chi connectivity index (χ0v) is 18.6. The highest BCUT2D eigenvalue weighted by Gasteiger charge is 2.60. The first-order valence-electron chi connectivity index (χ1n) is 10.2. The second kappa shape index (κ2) is 7.13. The van der Waals surface area contributed by atoms with E-state index in [1.165, 1.54) is 0 Å². The maximum atomic E-state index is 13.6. The zero-order chi connectivity index (χ0) is 22.8. The lowest BCUT2D eigenvalue weighted by molar-refractivity contribution is -0.122. The number of anilines is 2. The first-order chi connectivity index (χ1) is 15.3. The molecule has 3 N–H and O–H groups in total. The van der Waals surface area contributed by atoms with Crippen LogP contribution in [0.5, 0.6) is 0 Å². The van der Waals surface area contributed by atoms with Crippen LogP contribution in [-0.2, 0) is 15.0 Å². The van der Waals surface area contributed by atoms with Crippen molar-refractivity contribution in [2.45, 2.75) is 31.6 Å². The number of nitrogens with two attached hydrogens (primary N) is 1. The third kappa shape index (κ3) is 2.52. The Morgan fingerprint density at radius 3 is 2.72 bits per heavy atom. The Morgan fingerprint density at radius 1 is 1.19 bits per heavy atom. The molecule has 1 atom stereocenters. The third-order valence-corrected chi connectivity index (χ3v) is 7.11. The zero-order valence-electron chi connectivity index (χ0n) is 17.1. The Kier molecular flexibility index (Phi) is 4.59. The van der Waals surface area contributed by atoms with E-state index in [4.69, 9.17) is 28.9 Å². The summed E-state index contributed by atoms with van der Waals surface area (Å²) in [5.74, 6) is -0.548. The molecule has 2 aliphatic heterocycles. The first-order valence-corrected chi connectivity index (χ1v) is 10.9. The van der Waals surface area contributed by atoms with Crippen LogP contribution in [0.2, 0.25) is 10.0 Å². The number of benzene rings is 2. The summed E-state index contributed by atoms with van der Waals surface area (Å²) in [6, 6.07) is 12.5. The monoisotopic (exact) mass is 464 g/mol. The molecule has 1 amide bonds. The Morgan fingerprint density at radius 2 is 1.97 bits per heavy atom. The highest BCUT2D eigenvalue weighted by Crippen LogP contribution is 2.55. The van der Waals surface area contributed by atoms with Gasteiger partial charge in [-0.2, -0.15) is 5.26 Å². The highest BCUT2D eigenvalue weighted by atomic mass is 35.5. The van der Waals surface area contributed by atoms with Crippen molar-refractivity contribution in [1.82, 2.24) is 0 Å². The fraction of sp³-hybridized carbons (Fsp3) is 0.208. The van der Waals surface area contributed by atoms with Gasteiger partial charge in [-0.25, -0.2) is 0 Å². The molecule has 1 spiro atoms. The molecule has 3 aliphatic rings. The summed E-state index contributed by atoms with van der Waals surface area (Å²) in [4.78, 5) is 28.7. The van der Waals surface area contributed by atoms with Gasteiger partial charge in [0.05, 0.1) is 11.3 Å². The molecule has 1 aliphatic carbocycles. The van der Waals surface area contributed by atoms with E-state index in [9.17, 15) is 14.9 Å². The minimum Gasteiger partial charge on any atom is -0.384 e. The van der Waals surface area contributed by atoms with Gasteiger partial charge in [-0.15, -0.1) is 0 Å². The minimum absolute atomic E-state index is 0.00407. The number of hydrogen-bond donors (Lipinski definition) is 2. The molecule has 6 nitrogen and oxygen atoms in total. The Balaban J connectivity index is 1.91. The molecule has 0 bridgehead atoms. The number of nitriles is 1. The average Bonchev–Trinajstić information content (AvgIpc) is 3.03. The molecule has 2 aromatic carbocycles. The van der Waals surface area contributed by atoms with Gasteiger partial charge in [0.25, 0.3) is 0 Å². The van der Waals surface area contributed by atoms with E-state index >= 15 is 0 Å². The number of halogens is 2. The van der Waals surface area contributed by atoms with Crippen molar-refractivity contribution in [2.24, 2.45) is 5.73 Å². The van der Waals surface area contributed by atoms with E-state index in [-0.39, 0.29) is 29.2 Å². The van der Waals surface area contributed by atoms with Crippen LogP contribution in [0.15, 0.2) is 59.1 Å². The van der Waals surface area contributed by atoms with Crippen molar-refractivity contribution in [2.75, 3.05) is 10.2 Å². The number of allylic oxidation sites excluding steroid dienone is 1. The van der Waals surface area contributed by atoms with Gasteiger partial charge in [0.2, 0.25) is 5.91 Å². The van der Waals surface area contributed by atoms with Crippen molar-refractivity contribution in [3.63, 3.8) is 0 Å². The molecule has 160 valence electrons. The standard InChI is InChI=1S/C24H18Cl2N4O2/c1-12-16(26)4-2-5-18(12)30-19-6-3-7-20(31)21(19)24(15(11-27)22(30)28)14-10-13(25)8-9-17(14)29-23(24)32/h2,4-5,8-10H,3,6-7,28H2,1H3,(H,29,32). The maximum absolute atomic E-state index is 13.6. The minimum atomic E-state index is -1.63. The molecule has 0 saturated carbocycles. The summed E-state index contributed by atoms with van der Waals surface area (Å²) in [6.45, 7) is 1.85. The van der Waals surface area contributed by atoms with Crippen molar-refractivity contribution in [3.05, 3.63) is 80.2 Å². The van der Waals surface area contributed by atoms with E-state index < -0.39 is 11.3 Å². The van der Waals surface area contributed by atoms with E-state index in [2.05, 4.69) is 11.4 Å². The SMILES string of the molecule is Cc1c(Cl)cccc1N1C(N)=C(C#N)C2(C(=O)Nc3ccc(Cl)cc32)C2=C1CCCC2=O. The molecule has 1 unspecified atom stereocenters. The molecule has 8 heteroatoms. The average molecular weight is 465 g/mol. The third-order valence-electron chi connectivity index (χ3n) is 6.47. The molecule has 0 radical (unpaired) electrons. The first kappa shape index (κ1) is 20.6. The van der Waals surface area contributed by atoms with E-state index in [0.29, 0.717) is 45.5 Å². The Bertz CT molecular complexity index is 1340. The molecule has 2 heterocycles. The maximum Gasteiger partial charge on any atom is 0.245 e. The molecule has 0 fully saturated rings. The smallest absolute Gasteiger partial charge is 0.245 e. The number of carbonyl (C=O) groups excluding carboxylic acids is 2. The van der Waals surface area contributed by atoms with Crippen LogP contribution in [0.3, 0.4) is 0 Å². The number of rotatable bonds is 1. The molecule has 2 aromatic rings. The second-order valence-corrected chi connectivity index (χ2v) is 8.93. The number of nitrogens with zero attached hydrogens (tertiary/aromatic N) is 2. The fourth-order valence-corrected chi connectivity index (χ4v) is 5.42. The van der Waals surface area contributed by atoms with Gasteiger partial charge in [0.1, 0.15) is 17.3 Å².